The summed E-state index contributed by atoms with van der Waals surface area (Å²) in [6.45, 7) is 0. The second kappa shape index (κ2) is 8.25. The third-order valence-electron chi connectivity index (χ3n) is 7.21. The summed E-state index contributed by atoms with van der Waals surface area (Å²) in [4.78, 5) is 12.8. The molecule has 0 atom stereocenters. The number of carbonyl (C=O) groups is 1. The lowest BCUT2D eigenvalue weighted by atomic mass is 9.50. The van der Waals surface area contributed by atoms with Crippen LogP contribution in [0.25, 0.3) is 0 Å². The summed E-state index contributed by atoms with van der Waals surface area (Å²) < 4.78 is 41.7. The van der Waals surface area contributed by atoms with Gasteiger partial charge in [-0.15, -0.1) is 0 Å². The quantitative estimate of drug-likeness (QED) is 0.191. The zero-order chi connectivity index (χ0) is 21.9. The third-order valence-corrected chi connectivity index (χ3v) is 9.65. The number of rotatable bonds is 4. The Kier molecular flexibility index (Phi) is 5.88. The molecule has 31 heavy (non-hydrogen) atoms. The van der Waals surface area contributed by atoms with Gasteiger partial charge in [0.2, 0.25) is 0 Å². The van der Waals surface area contributed by atoms with Crippen LogP contribution in [-0.2, 0) is 10.1 Å². The molecule has 0 heterocycles. The van der Waals surface area contributed by atoms with E-state index in [1.54, 1.807) is 12.1 Å². The van der Waals surface area contributed by atoms with E-state index >= 15 is 0 Å². The average Bonchev–Trinajstić information content (AvgIpc) is 2.68. The van der Waals surface area contributed by atoms with Crippen molar-refractivity contribution in [3.05, 3.63) is 54.7 Å². The van der Waals surface area contributed by atoms with E-state index in [0.29, 0.717) is 28.7 Å². The Bertz CT molecular complexity index is 1130. The molecule has 5 nitrogen and oxygen atoms in total. The highest BCUT2D eigenvalue weighted by Crippen LogP contribution is 2.60. The van der Waals surface area contributed by atoms with Crippen molar-refractivity contribution < 1.29 is 22.5 Å². The summed E-state index contributed by atoms with van der Waals surface area (Å²) in [6, 6.07) is 10.00. The lowest BCUT2D eigenvalue weighted by molar-refractivity contribution is -0.00372. The summed E-state index contributed by atoms with van der Waals surface area (Å²) in [5.74, 6) is 2.33. The highest BCUT2D eigenvalue weighted by Gasteiger charge is 2.49. The van der Waals surface area contributed by atoms with Gasteiger partial charge in [0.15, 0.2) is 0 Å². The summed E-state index contributed by atoms with van der Waals surface area (Å²) in [5.41, 5.74) is 0.897. The maximum atomic E-state index is 12.9. The molecule has 6 rings (SSSR count). The molecule has 0 unspecified atom stereocenters. The molecule has 0 saturated heterocycles. The SMILES string of the molecule is O=C(Oc1ccc(I)cc1I)c1ccc(S(=O)(=O)O)c(C2C3CC4CC(C3)CC2C4)c1. The fourth-order valence-corrected chi connectivity index (χ4v) is 8.77. The first-order valence-electron chi connectivity index (χ1n) is 10.5. The summed E-state index contributed by atoms with van der Waals surface area (Å²) >= 11 is 4.32. The predicted octanol–water partition coefficient (Wildman–Crippen LogP) is 5.90. The van der Waals surface area contributed by atoms with Gasteiger partial charge in [-0.1, -0.05) is 0 Å². The second-order valence-electron chi connectivity index (χ2n) is 9.15. The van der Waals surface area contributed by atoms with Crippen LogP contribution in [0.2, 0.25) is 0 Å². The van der Waals surface area contributed by atoms with Gasteiger partial charge in [0.25, 0.3) is 10.1 Å². The number of benzene rings is 2. The molecular weight excluding hydrogens is 642 g/mol. The Morgan fingerprint density at radius 3 is 2.16 bits per heavy atom. The van der Waals surface area contributed by atoms with Crippen molar-refractivity contribution in [1.29, 1.82) is 0 Å². The van der Waals surface area contributed by atoms with Crippen LogP contribution in [-0.4, -0.2) is 18.9 Å². The fraction of sp³-hybridized carbons (Fsp3) is 0.435. The Balaban J connectivity index is 1.51. The number of ether oxygens (including phenoxy) is 1. The summed E-state index contributed by atoms with van der Waals surface area (Å²) in [7, 11) is -4.38. The van der Waals surface area contributed by atoms with Crippen LogP contribution in [0, 0.1) is 30.8 Å². The molecule has 164 valence electrons. The topological polar surface area (TPSA) is 80.7 Å². The molecule has 1 N–H and O–H groups in total. The maximum absolute atomic E-state index is 12.9. The van der Waals surface area contributed by atoms with Gasteiger partial charge in [0.1, 0.15) is 5.75 Å². The van der Waals surface area contributed by atoms with E-state index in [1.807, 2.05) is 12.1 Å². The lowest BCUT2D eigenvalue weighted by Gasteiger charge is -2.54. The molecule has 0 radical (unpaired) electrons. The Morgan fingerprint density at radius 2 is 1.58 bits per heavy atom. The standard InChI is InChI=1S/C23H22I2O5S/c24-17-2-3-20(19(25)11-17)30-23(26)14-1-4-21(31(27,28)29)18(10-14)22-15-6-12-5-13(8-15)9-16(22)7-12/h1-4,10-13,15-16,22H,5-9H2,(H,27,28,29). The zero-order valence-corrected chi connectivity index (χ0v) is 21.8. The highest BCUT2D eigenvalue weighted by molar-refractivity contribution is 14.1. The van der Waals surface area contributed by atoms with E-state index in [1.165, 1.54) is 18.6 Å². The molecule has 4 aliphatic rings. The first kappa shape index (κ1) is 22.1. The molecule has 0 spiro atoms. The van der Waals surface area contributed by atoms with Gasteiger partial charge >= 0.3 is 5.97 Å². The smallest absolute Gasteiger partial charge is 0.343 e. The minimum absolute atomic E-state index is 0.0645. The van der Waals surface area contributed by atoms with Crippen molar-refractivity contribution >= 4 is 61.3 Å². The van der Waals surface area contributed by atoms with Crippen LogP contribution in [0.5, 0.6) is 5.75 Å². The van der Waals surface area contributed by atoms with Crippen molar-refractivity contribution in [2.45, 2.75) is 42.9 Å². The molecule has 8 heteroatoms. The maximum Gasteiger partial charge on any atom is 0.343 e. The largest absolute Gasteiger partial charge is 0.422 e. The van der Waals surface area contributed by atoms with Gasteiger partial charge in [-0.05, 0) is 149 Å². The molecular formula is C23H22I2O5S. The number of esters is 1. The normalized spacial score (nSPS) is 29.2. The van der Waals surface area contributed by atoms with Gasteiger partial charge in [-0.2, -0.15) is 8.42 Å². The van der Waals surface area contributed by atoms with E-state index < -0.39 is 16.1 Å². The Hall–Kier alpha value is -0.720. The van der Waals surface area contributed by atoms with E-state index in [2.05, 4.69) is 45.2 Å². The minimum Gasteiger partial charge on any atom is -0.422 e. The van der Waals surface area contributed by atoms with Crippen LogP contribution in [0.4, 0.5) is 0 Å². The van der Waals surface area contributed by atoms with Crippen LogP contribution in [0.15, 0.2) is 41.3 Å². The van der Waals surface area contributed by atoms with Crippen molar-refractivity contribution in [2.75, 3.05) is 0 Å². The van der Waals surface area contributed by atoms with Crippen LogP contribution < -0.4 is 4.74 Å². The van der Waals surface area contributed by atoms with Crippen molar-refractivity contribution in [3.63, 3.8) is 0 Å². The van der Waals surface area contributed by atoms with E-state index in [9.17, 15) is 17.8 Å². The first-order chi connectivity index (χ1) is 14.7. The monoisotopic (exact) mass is 664 g/mol. The second-order valence-corrected chi connectivity index (χ2v) is 12.9. The lowest BCUT2D eigenvalue weighted by Crippen LogP contribution is -2.44. The van der Waals surface area contributed by atoms with E-state index in [0.717, 1.165) is 44.7 Å². The van der Waals surface area contributed by atoms with Gasteiger partial charge < -0.3 is 4.74 Å². The number of hydrogen-bond donors (Lipinski definition) is 1. The minimum atomic E-state index is -4.38. The van der Waals surface area contributed by atoms with E-state index in [-0.39, 0.29) is 10.8 Å². The molecule has 4 bridgehead atoms. The summed E-state index contributed by atoms with van der Waals surface area (Å²) in [6.07, 6.45) is 5.73. The first-order valence-corrected chi connectivity index (χ1v) is 14.1. The molecule has 0 aliphatic heterocycles. The predicted molar refractivity (Wildman–Crippen MR) is 133 cm³/mol. The highest BCUT2D eigenvalue weighted by atomic mass is 127. The van der Waals surface area contributed by atoms with Gasteiger partial charge in [0.05, 0.1) is 14.0 Å². The van der Waals surface area contributed by atoms with Crippen molar-refractivity contribution in [3.8, 4) is 5.75 Å². The number of hydrogen-bond acceptors (Lipinski definition) is 4. The molecule has 0 amide bonds. The number of halogens is 2. The van der Waals surface area contributed by atoms with Gasteiger partial charge in [0, 0.05) is 3.57 Å². The molecule has 2 aromatic carbocycles. The molecule has 0 aromatic heterocycles. The average molecular weight is 664 g/mol. The third kappa shape index (κ3) is 4.29. The molecule has 2 aromatic rings. The molecule has 4 aliphatic carbocycles. The number of carbonyl (C=O) groups excluding carboxylic acids is 1. The van der Waals surface area contributed by atoms with Crippen LogP contribution >= 0.6 is 45.2 Å². The Labute approximate surface area is 209 Å². The van der Waals surface area contributed by atoms with Crippen LogP contribution in [0.3, 0.4) is 0 Å². The van der Waals surface area contributed by atoms with Crippen LogP contribution in [0.1, 0.15) is 53.9 Å². The molecule has 4 fully saturated rings. The van der Waals surface area contributed by atoms with E-state index in [4.69, 9.17) is 4.74 Å². The zero-order valence-electron chi connectivity index (χ0n) is 16.6. The molecule has 4 saturated carbocycles. The summed E-state index contributed by atoms with van der Waals surface area (Å²) in [5, 5.41) is 0. The fourth-order valence-electron chi connectivity index (χ4n) is 6.32. The Morgan fingerprint density at radius 1 is 0.935 bits per heavy atom. The van der Waals surface area contributed by atoms with Crippen molar-refractivity contribution in [2.24, 2.45) is 23.7 Å². The van der Waals surface area contributed by atoms with Crippen molar-refractivity contribution in [1.82, 2.24) is 0 Å². The van der Waals surface area contributed by atoms with Gasteiger partial charge in [-0.25, -0.2) is 4.79 Å². The van der Waals surface area contributed by atoms with Gasteiger partial charge in [-0.3, -0.25) is 4.55 Å².